The molecule has 0 saturated carbocycles. The van der Waals surface area contributed by atoms with Gasteiger partial charge in [0.15, 0.2) is 0 Å². The van der Waals surface area contributed by atoms with Crippen LogP contribution in [0.2, 0.25) is 0 Å². The van der Waals surface area contributed by atoms with Crippen molar-refractivity contribution in [1.82, 2.24) is 14.8 Å². The van der Waals surface area contributed by atoms with E-state index in [4.69, 9.17) is 0 Å². The minimum Gasteiger partial charge on any atom is -0.320 e. The largest absolute Gasteiger partial charge is 0.320 e. The molecule has 5 heteroatoms. The lowest BCUT2D eigenvalue weighted by atomic mass is 10.1. The summed E-state index contributed by atoms with van der Waals surface area (Å²) in [5.74, 6) is 1.11. The van der Waals surface area contributed by atoms with Gasteiger partial charge < -0.3 is 4.57 Å². The zero-order valence-corrected chi connectivity index (χ0v) is 11.3. The van der Waals surface area contributed by atoms with Crippen molar-refractivity contribution in [1.29, 1.82) is 0 Å². The van der Waals surface area contributed by atoms with Crippen molar-refractivity contribution < 1.29 is 4.21 Å². The molecule has 1 aromatic heterocycles. The fourth-order valence-electron chi connectivity index (χ4n) is 1.95. The number of rotatable bonds is 3. The molecular formula is C14H13N3OS. The second-order valence-electron chi connectivity index (χ2n) is 4.36. The molecule has 3 aromatic rings. The number of hydrogen-bond acceptors (Lipinski definition) is 3. The quantitative estimate of drug-likeness (QED) is 0.734. The molecule has 0 aliphatic carbocycles. The third kappa shape index (κ3) is 2.42. The molecule has 96 valence electrons. The van der Waals surface area contributed by atoms with Crippen molar-refractivity contribution in [2.75, 3.05) is 0 Å². The zero-order chi connectivity index (χ0) is 13.2. The highest BCUT2D eigenvalue weighted by Crippen LogP contribution is 2.19. The molecule has 1 atom stereocenters. The van der Waals surface area contributed by atoms with E-state index in [0.717, 1.165) is 21.5 Å². The van der Waals surface area contributed by atoms with E-state index in [0.29, 0.717) is 5.75 Å². The molecule has 0 N–H and O–H groups in total. The smallest absolute Gasteiger partial charge is 0.145 e. The second-order valence-corrected chi connectivity index (χ2v) is 5.81. The van der Waals surface area contributed by atoms with Crippen LogP contribution in [0.25, 0.3) is 10.8 Å². The maximum atomic E-state index is 12.3. The summed E-state index contributed by atoms with van der Waals surface area (Å²) in [7, 11) is 0.752. The van der Waals surface area contributed by atoms with Crippen molar-refractivity contribution in [3.63, 3.8) is 0 Å². The predicted octanol–water partition coefficient (Wildman–Crippen LogP) is 2.28. The average Bonchev–Trinajstić information content (AvgIpc) is 2.84. The Morgan fingerprint density at radius 1 is 1.16 bits per heavy atom. The van der Waals surface area contributed by atoms with Gasteiger partial charge in [-0.15, -0.1) is 10.2 Å². The Morgan fingerprint density at radius 3 is 2.68 bits per heavy atom. The van der Waals surface area contributed by atoms with E-state index in [9.17, 15) is 4.21 Å². The summed E-state index contributed by atoms with van der Waals surface area (Å²) in [6.07, 6.45) is 1.62. The lowest BCUT2D eigenvalue weighted by molar-refractivity contribution is 0.679. The summed E-state index contributed by atoms with van der Waals surface area (Å²) < 4.78 is 14.1. The van der Waals surface area contributed by atoms with Gasteiger partial charge in [0.2, 0.25) is 0 Å². The van der Waals surface area contributed by atoms with Crippen molar-refractivity contribution in [3.8, 4) is 0 Å². The SMILES string of the molecule is Cn1cnnc1CS(=O)c1ccc2ccccc2c1. The number of aryl methyl sites for hydroxylation is 1. The maximum Gasteiger partial charge on any atom is 0.145 e. The Kier molecular flexibility index (Phi) is 3.13. The van der Waals surface area contributed by atoms with Crippen LogP contribution in [-0.2, 0) is 23.6 Å². The fraction of sp³-hybridized carbons (Fsp3) is 0.143. The topological polar surface area (TPSA) is 47.8 Å². The Bertz CT molecular complexity index is 751. The van der Waals surface area contributed by atoms with Crippen LogP contribution in [0, 0.1) is 0 Å². The van der Waals surface area contributed by atoms with Gasteiger partial charge in [-0.1, -0.05) is 30.3 Å². The van der Waals surface area contributed by atoms with Crippen molar-refractivity contribution in [3.05, 3.63) is 54.6 Å². The van der Waals surface area contributed by atoms with Crippen LogP contribution in [0.4, 0.5) is 0 Å². The van der Waals surface area contributed by atoms with Crippen molar-refractivity contribution in [2.24, 2.45) is 7.05 Å². The molecule has 0 saturated heterocycles. The van der Waals surface area contributed by atoms with Gasteiger partial charge in [-0.3, -0.25) is 4.21 Å². The number of benzene rings is 2. The van der Waals surface area contributed by atoms with Gasteiger partial charge in [-0.25, -0.2) is 0 Å². The van der Waals surface area contributed by atoms with Crippen molar-refractivity contribution >= 4 is 21.6 Å². The van der Waals surface area contributed by atoms with Crippen LogP contribution in [-0.4, -0.2) is 19.0 Å². The highest BCUT2D eigenvalue weighted by atomic mass is 32.2. The van der Waals surface area contributed by atoms with Crippen LogP contribution < -0.4 is 0 Å². The zero-order valence-electron chi connectivity index (χ0n) is 10.5. The minimum atomic E-state index is -1.10. The third-order valence-electron chi connectivity index (χ3n) is 3.05. The lowest BCUT2D eigenvalue weighted by Crippen LogP contribution is -2.03. The second kappa shape index (κ2) is 4.93. The molecule has 0 spiro atoms. The normalized spacial score (nSPS) is 12.7. The molecular weight excluding hydrogens is 258 g/mol. The number of hydrogen-bond donors (Lipinski definition) is 0. The Morgan fingerprint density at radius 2 is 1.95 bits per heavy atom. The van der Waals surface area contributed by atoms with Crippen LogP contribution >= 0.6 is 0 Å². The van der Waals surface area contributed by atoms with Gasteiger partial charge in [-0.2, -0.15) is 0 Å². The lowest BCUT2D eigenvalue weighted by Gasteiger charge is -2.04. The minimum absolute atomic E-state index is 0.384. The summed E-state index contributed by atoms with van der Waals surface area (Å²) >= 11 is 0. The standard InChI is InChI=1S/C14H13N3OS/c1-17-10-15-16-14(17)9-19(18)13-7-6-11-4-2-3-5-12(11)8-13/h2-8,10H,9H2,1H3. The molecule has 0 aliphatic heterocycles. The average molecular weight is 271 g/mol. The Balaban J connectivity index is 1.91. The molecule has 19 heavy (non-hydrogen) atoms. The molecule has 1 unspecified atom stereocenters. The molecule has 0 fully saturated rings. The van der Waals surface area contributed by atoms with Crippen LogP contribution in [0.3, 0.4) is 0 Å². The van der Waals surface area contributed by atoms with Crippen LogP contribution in [0.1, 0.15) is 5.82 Å². The molecule has 3 rings (SSSR count). The van der Waals surface area contributed by atoms with Gasteiger partial charge in [0.1, 0.15) is 12.2 Å². The molecule has 1 heterocycles. The summed E-state index contributed by atoms with van der Waals surface area (Å²) in [5, 5.41) is 10.0. The Hall–Kier alpha value is -2.01. The Labute approximate surface area is 113 Å². The van der Waals surface area contributed by atoms with Crippen LogP contribution in [0.15, 0.2) is 53.7 Å². The highest BCUT2D eigenvalue weighted by molar-refractivity contribution is 7.84. The van der Waals surface area contributed by atoms with E-state index in [2.05, 4.69) is 10.2 Å². The van der Waals surface area contributed by atoms with Gasteiger partial charge in [0, 0.05) is 11.9 Å². The number of aromatic nitrogens is 3. The van der Waals surface area contributed by atoms with E-state index in [1.807, 2.05) is 49.5 Å². The first-order valence-corrected chi connectivity index (χ1v) is 7.26. The first-order chi connectivity index (χ1) is 9.24. The summed E-state index contributed by atoms with van der Waals surface area (Å²) in [6.45, 7) is 0. The third-order valence-corrected chi connectivity index (χ3v) is 4.35. The van der Waals surface area contributed by atoms with Crippen molar-refractivity contribution in [2.45, 2.75) is 10.6 Å². The molecule has 0 aliphatic rings. The molecule has 0 radical (unpaired) electrons. The van der Waals surface area contributed by atoms with Crippen LogP contribution in [0.5, 0.6) is 0 Å². The maximum absolute atomic E-state index is 12.3. The first kappa shape index (κ1) is 12.0. The number of fused-ring (bicyclic) bond motifs is 1. The predicted molar refractivity (Wildman–Crippen MR) is 75.1 cm³/mol. The molecule has 0 bridgehead atoms. The van der Waals surface area contributed by atoms with E-state index in [-0.39, 0.29) is 0 Å². The van der Waals surface area contributed by atoms with E-state index in [1.54, 1.807) is 10.9 Å². The summed E-state index contributed by atoms with van der Waals surface area (Å²) in [4.78, 5) is 0.821. The van der Waals surface area contributed by atoms with Gasteiger partial charge >= 0.3 is 0 Å². The molecule has 0 amide bonds. The van der Waals surface area contributed by atoms with Gasteiger partial charge in [0.05, 0.1) is 16.6 Å². The van der Waals surface area contributed by atoms with E-state index in [1.165, 1.54) is 0 Å². The van der Waals surface area contributed by atoms with Gasteiger partial charge in [0.25, 0.3) is 0 Å². The first-order valence-electron chi connectivity index (χ1n) is 5.94. The van der Waals surface area contributed by atoms with E-state index < -0.39 is 10.8 Å². The monoisotopic (exact) mass is 271 g/mol. The fourth-order valence-corrected chi connectivity index (χ4v) is 3.09. The summed E-state index contributed by atoms with van der Waals surface area (Å²) in [6, 6.07) is 13.9. The number of nitrogens with zero attached hydrogens (tertiary/aromatic N) is 3. The summed E-state index contributed by atoms with van der Waals surface area (Å²) in [5.41, 5.74) is 0. The molecule has 2 aromatic carbocycles. The van der Waals surface area contributed by atoms with Gasteiger partial charge in [-0.05, 0) is 22.9 Å². The highest BCUT2D eigenvalue weighted by Gasteiger charge is 2.09. The molecule has 4 nitrogen and oxygen atoms in total. The van der Waals surface area contributed by atoms with E-state index >= 15 is 0 Å².